The molecular weight excluding hydrogens is 752 g/mol. The molecule has 3 aliphatic heterocycles. The van der Waals surface area contributed by atoms with Gasteiger partial charge in [0.15, 0.2) is 24.1 Å². The molecule has 4 saturated carbocycles. The molecule has 8 rings (SSSR count). The molecule has 57 heavy (non-hydrogen) atoms. The zero-order valence-corrected chi connectivity index (χ0v) is 33.4. The normalized spacial score (nSPS) is 47.3. The highest BCUT2D eigenvalue weighted by Gasteiger charge is 3.05. The summed E-state index contributed by atoms with van der Waals surface area (Å²) in [5.74, 6) is -9.52. The average molecular weight is 803 g/mol. The van der Waals surface area contributed by atoms with Gasteiger partial charge in [0.05, 0.1) is 29.3 Å². The highest BCUT2D eigenvalue weighted by Crippen LogP contribution is 2.88. The lowest BCUT2D eigenvalue weighted by Crippen LogP contribution is -2.98. The third-order valence-corrected chi connectivity index (χ3v) is 14.9. The average Bonchev–Trinajstić information content (AvgIpc) is 3.92. The number of aliphatic hydroxyl groups is 2. The molecule has 7 fully saturated rings. The fourth-order valence-electron chi connectivity index (χ4n) is 13.3. The Morgan fingerprint density at radius 1 is 0.930 bits per heavy atom. The predicted molar refractivity (Wildman–Crippen MR) is 186 cm³/mol. The van der Waals surface area contributed by atoms with Gasteiger partial charge < -0.3 is 52.5 Å². The van der Waals surface area contributed by atoms with Crippen LogP contribution in [0.4, 0.5) is 0 Å². The van der Waals surface area contributed by atoms with Gasteiger partial charge >= 0.3 is 35.8 Å². The van der Waals surface area contributed by atoms with Gasteiger partial charge in [0.1, 0.15) is 35.6 Å². The molecule has 4 aliphatic carbocycles. The number of carbonyl (C=O) groups is 6. The Kier molecular flexibility index (Phi) is 8.37. The summed E-state index contributed by atoms with van der Waals surface area (Å²) in [6.45, 7) is 12.1. The first-order valence-corrected chi connectivity index (χ1v) is 19.4. The van der Waals surface area contributed by atoms with Crippen molar-refractivity contribution < 1.29 is 81.3 Å². The van der Waals surface area contributed by atoms with Crippen LogP contribution in [-0.2, 0) is 66.7 Å². The molecule has 0 aromatic carbocycles. The monoisotopic (exact) mass is 802 g/mol. The van der Waals surface area contributed by atoms with Crippen molar-refractivity contribution in [1.29, 1.82) is 0 Å². The molecule has 312 valence electrons. The van der Waals surface area contributed by atoms with E-state index in [2.05, 4.69) is 0 Å². The minimum Gasteiger partial charge on any atom is -0.472 e. The second kappa shape index (κ2) is 12.0. The summed E-state index contributed by atoms with van der Waals surface area (Å²) in [6, 6.07) is 1.55. The molecule has 17 nitrogen and oxygen atoms in total. The standard InChI is InChI=1S/C40H50O17/c1-10-35-14-25-34(9,27(51-19(4)41)23-11-12-49-15-23)28(54-30(46)18(2)3)29(52-20(5)42)40(48)36-17-50-26(45)13-24(36)33(8)16-37(36,47)39(55-22(7)44,31(33)53-21(6)43)32(56-35)38(25,40)57-35/h11-12,15,18,24-25,27-29,31-32,47-48H,10,13-14,16-17H2,1-9H3/t24-,25-,27+,28+,29-,31+,32+,33-,34-,35+,36-,37-,38-,39+,40+/m1/s1. The zero-order valence-electron chi connectivity index (χ0n) is 33.4. The van der Waals surface area contributed by atoms with Crippen LogP contribution in [0.15, 0.2) is 23.0 Å². The molecule has 1 aromatic rings. The van der Waals surface area contributed by atoms with Crippen LogP contribution in [0.3, 0.4) is 0 Å². The SMILES string of the molecule is CC[C@@]12C[C@@H]3[C@](C)([C@@H](OC(C)=O)c4ccoc4)[C@@H](OC(=O)C(C)C)[C@@H](OC(C)=O)[C@@]4(O)[C@]3(O1)[C@H](O2)[C@@]1(OC(C)=O)[C@@H](OC(C)=O)[C@]2(C)C[C@@]1(O)[C@]41COC(=O)C[C@H]21. The van der Waals surface area contributed by atoms with E-state index in [1.165, 1.54) is 19.5 Å². The summed E-state index contributed by atoms with van der Waals surface area (Å²) in [6.07, 6.45) is -6.23. The highest BCUT2D eigenvalue weighted by atomic mass is 16.8. The van der Waals surface area contributed by atoms with Crippen molar-refractivity contribution in [2.45, 2.75) is 147 Å². The summed E-state index contributed by atoms with van der Waals surface area (Å²) < 4.78 is 56.9. The van der Waals surface area contributed by atoms with E-state index in [1.807, 2.05) is 0 Å². The maximum atomic E-state index is 14.6. The number of rotatable bonds is 9. The van der Waals surface area contributed by atoms with Crippen LogP contribution < -0.4 is 0 Å². The molecule has 0 amide bonds. The van der Waals surface area contributed by atoms with Gasteiger partial charge in [-0.3, -0.25) is 28.8 Å². The van der Waals surface area contributed by atoms with Gasteiger partial charge in [-0.05, 0) is 24.8 Å². The van der Waals surface area contributed by atoms with Gasteiger partial charge in [0.25, 0.3) is 0 Å². The third kappa shape index (κ3) is 4.33. The molecule has 0 radical (unpaired) electrons. The molecule has 2 N–H and O–H groups in total. The summed E-state index contributed by atoms with van der Waals surface area (Å²) in [5.41, 5.74) is -14.8. The number of carbonyl (C=O) groups excluding carboxylic acids is 6. The maximum absolute atomic E-state index is 14.6. The lowest BCUT2D eigenvalue weighted by Gasteiger charge is -2.77. The molecule has 1 aromatic heterocycles. The predicted octanol–water partition coefficient (Wildman–Crippen LogP) is 2.37. The van der Waals surface area contributed by atoms with E-state index < -0.39 is 142 Å². The van der Waals surface area contributed by atoms with Crippen molar-refractivity contribution in [2.24, 2.45) is 34.0 Å². The number of ether oxygens (including phenoxy) is 8. The van der Waals surface area contributed by atoms with E-state index in [1.54, 1.807) is 40.7 Å². The van der Waals surface area contributed by atoms with Gasteiger partial charge in [0, 0.05) is 57.4 Å². The molecule has 7 aliphatic rings. The van der Waals surface area contributed by atoms with Crippen molar-refractivity contribution in [2.75, 3.05) is 6.61 Å². The van der Waals surface area contributed by atoms with E-state index in [0.717, 1.165) is 20.8 Å². The Morgan fingerprint density at radius 2 is 1.61 bits per heavy atom. The lowest BCUT2D eigenvalue weighted by atomic mass is 9.32. The van der Waals surface area contributed by atoms with Crippen molar-refractivity contribution in [3.63, 3.8) is 0 Å². The Bertz CT molecular complexity index is 1950. The number of cyclic esters (lactones) is 1. The van der Waals surface area contributed by atoms with Crippen LogP contribution in [0.2, 0.25) is 0 Å². The smallest absolute Gasteiger partial charge is 0.308 e. The Hall–Kier alpha value is -4.06. The molecule has 4 heterocycles. The lowest BCUT2D eigenvalue weighted by molar-refractivity contribution is -0.449. The van der Waals surface area contributed by atoms with E-state index >= 15 is 0 Å². The summed E-state index contributed by atoms with van der Waals surface area (Å²) in [5, 5.41) is 28.5. The van der Waals surface area contributed by atoms with Gasteiger partial charge in [-0.15, -0.1) is 0 Å². The number of hydrogen-bond donors (Lipinski definition) is 2. The van der Waals surface area contributed by atoms with Crippen LogP contribution in [-0.4, -0.2) is 105 Å². The number of fused-ring (bicyclic) bond motifs is 4. The van der Waals surface area contributed by atoms with Crippen LogP contribution in [0.1, 0.15) is 99.7 Å². The van der Waals surface area contributed by atoms with Crippen molar-refractivity contribution in [1.82, 2.24) is 0 Å². The highest BCUT2D eigenvalue weighted by molar-refractivity contribution is 5.75. The van der Waals surface area contributed by atoms with Crippen LogP contribution >= 0.6 is 0 Å². The van der Waals surface area contributed by atoms with Crippen molar-refractivity contribution in [3.05, 3.63) is 24.2 Å². The number of hydrogen-bond acceptors (Lipinski definition) is 17. The summed E-state index contributed by atoms with van der Waals surface area (Å²) in [4.78, 5) is 80.9. The van der Waals surface area contributed by atoms with Crippen LogP contribution in [0.25, 0.3) is 0 Å². The van der Waals surface area contributed by atoms with Crippen LogP contribution in [0, 0.1) is 34.0 Å². The minimum absolute atomic E-state index is 0.0679. The zero-order chi connectivity index (χ0) is 41.7. The summed E-state index contributed by atoms with van der Waals surface area (Å²) in [7, 11) is 0. The first-order chi connectivity index (χ1) is 26.5. The molecule has 4 bridgehead atoms. The first kappa shape index (κ1) is 39.8. The van der Waals surface area contributed by atoms with E-state index in [0.29, 0.717) is 5.56 Å². The number of furan rings is 1. The van der Waals surface area contributed by atoms with Gasteiger partial charge in [-0.1, -0.05) is 34.6 Å². The Morgan fingerprint density at radius 3 is 2.18 bits per heavy atom. The molecule has 0 unspecified atom stereocenters. The Balaban J connectivity index is 1.55. The van der Waals surface area contributed by atoms with Crippen molar-refractivity contribution >= 4 is 35.8 Å². The van der Waals surface area contributed by atoms with Gasteiger partial charge in [-0.2, -0.15) is 0 Å². The quantitative estimate of drug-likeness (QED) is 0.270. The maximum Gasteiger partial charge on any atom is 0.308 e. The molecule has 17 heteroatoms. The van der Waals surface area contributed by atoms with E-state index in [-0.39, 0.29) is 19.3 Å². The molecule has 3 saturated heterocycles. The van der Waals surface area contributed by atoms with Crippen LogP contribution in [0.5, 0.6) is 0 Å². The minimum atomic E-state index is -2.73. The largest absolute Gasteiger partial charge is 0.472 e. The fraction of sp³-hybridized carbons (Fsp3) is 0.750. The first-order valence-electron chi connectivity index (χ1n) is 19.4. The summed E-state index contributed by atoms with van der Waals surface area (Å²) >= 11 is 0. The fourth-order valence-corrected chi connectivity index (χ4v) is 13.3. The third-order valence-electron chi connectivity index (χ3n) is 14.9. The van der Waals surface area contributed by atoms with Gasteiger partial charge in [0.2, 0.25) is 5.60 Å². The molecule has 15 atom stereocenters. The molecular formula is C40H50O17. The molecule has 2 spiro atoms. The Labute approximate surface area is 328 Å². The van der Waals surface area contributed by atoms with E-state index in [9.17, 15) is 39.0 Å². The van der Waals surface area contributed by atoms with Crippen molar-refractivity contribution in [3.8, 4) is 0 Å². The van der Waals surface area contributed by atoms with E-state index in [4.69, 9.17) is 42.3 Å². The van der Waals surface area contributed by atoms with Gasteiger partial charge in [-0.25, -0.2) is 0 Å². The number of esters is 6. The topological polar surface area (TPSA) is 230 Å². The second-order valence-corrected chi connectivity index (χ2v) is 17.9. The second-order valence-electron chi connectivity index (χ2n) is 17.9.